The Hall–Kier alpha value is -1.62. The summed E-state index contributed by atoms with van der Waals surface area (Å²) >= 11 is 0. The molecule has 0 saturated carbocycles. The van der Waals surface area contributed by atoms with Crippen molar-refractivity contribution in [3.05, 3.63) is 24.3 Å². The maximum atomic E-state index is 12.3. The lowest BCUT2D eigenvalue weighted by atomic mass is 10.2. The summed E-state index contributed by atoms with van der Waals surface area (Å²) in [5.41, 5.74) is 0. The van der Waals surface area contributed by atoms with Crippen LogP contribution in [0.2, 0.25) is 0 Å². The van der Waals surface area contributed by atoms with E-state index in [1.807, 2.05) is 0 Å². The van der Waals surface area contributed by atoms with Crippen LogP contribution in [0.4, 0.5) is 26.3 Å². The molecule has 112 valence electrons. The first-order valence-corrected chi connectivity index (χ1v) is 4.93. The van der Waals surface area contributed by atoms with Crippen LogP contribution in [0.5, 0.6) is 11.5 Å². The molecule has 2 N–H and O–H groups in total. The highest BCUT2D eigenvalue weighted by molar-refractivity contribution is 6.33. The van der Waals surface area contributed by atoms with Crippen molar-refractivity contribution >= 4 is 7.32 Å². The molecule has 0 bridgehead atoms. The van der Waals surface area contributed by atoms with Gasteiger partial charge in [0.25, 0.3) is 6.10 Å². The Kier molecular flexibility index (Phi) is 4.76. The van der Waals surface area contributed by atoms with E-state index in [4.69, 9.17) is 10.0 Å². The Morgan fingerprint density at radius 1 is 0.950 bits per heavy atom. The van der Waals surface area contributed by atoms with Gasteiger partial charge in [-0.15, -0.1) is 0 Å². The van der Waals surface area contributed by atoms with E-state index in [-0.39, 0.29) is 5.75 Å². The molecular weight excluding hydrogens is 297 g/mol. The van der Waals surface area contributed by atoms with E-state index in [0.29, 0.717) is 6.07 Å². The fourth-order valence-electron chi connectivity index (χ4n) is 1.20. The number of hydrogen-bond donors (Lipinski definition) is 2. The third-order valence-corrected chi connectivity index (χ3v) is 1.90. The standard InChI is InChI=1S/C9H7BF6O4/c11-8(12,13)7(9(14,15)16)19-5-2-1-3-6(4-5)20-10(17)18/h1-4,7,17-18H. The van der Waals surface area contributed by atoms with Crippen molar-refractivity contribution in [2.75, 3.05) is 0 Å². The van der Waals surface area contributed by atoms with Crippen LogP contribution in [-0.2, 0) is 0 Å². The molecule has 0 heterocycles. The molecule has 0 aromatic heterocycles. The van der Waals surface area contributed by atoms with E-state index in [1.165, 1.54) is 0 Å². The number of hydrogen-bond acceptors (Lipinski definition) is 4. The average molecular weight is 304 g/mol. The summed E-state index contributed by atoms with van der Waals surface area (Å²) in [4.78, 5) is 0. The van der Waals surface area contributed by atoms with E-state index in [0.717, 1.165) is 18.2 Å². The molecule has 4 nitrogen and oxygen atoms in total. The number of benzene rings is 1. The molecule has 0 atom stereocenters. The highest BCUT2D eigenvalue weighted by Gasteiger charge is 2.59. The van der Waals surface area contributed by atoms with Crippen LogP contribution < -0.4 is 9.39 Å². The van der Waals surface area contributed by atoms with Crippen molar-refractivity contribution < 1.29 is 45.8 Å². The smallest absolute Gasteiger partial charge is 0.512 e. The molecule has 0 aliphatic carbocycles. The Labute approximate surface area is 108 Å². The Balaban J connectivity index is 2.95. The van der Waals surface area contributed by atoms with Crippen molar-refractivity contribution in [2.24, 2.45) is 0 Å². The molecule has 0 spiro atoms. The second-order valence-corrected chi connectivity index (χ2v) is 3.50. The van der Waals surface area contributed by atoms with Crippen LogP contribution >= 0.6 is 0 Å². The minimum absolute atomic E-state index is 0.374. The number of alkyl halides is 6. The van der Waals surface area contributed by atoms with E-state index in [2.05, 4.69) is 9.39 Å². The van der Waals surface area contributed by atoms with Crippen LogP contribution in [-0.4, -0.2) is 35.8 Å². The van der Waals surface area contributed by atoms with Gasteiger partial charge in [0, 0.05) is 6.07 Å². The van der Waals surface area contributed by atoms with Gasteiger partial charge in [0.1, 0.15) is 11.5 Å². The largest absolute Gasteiger partial charge is 0.707 e. The maximum Gasteiger partial charge on any atom is 0.707 e. The van der Waals surface area contributed by atoms with Gasteiger partial charge in [0.2, 0.25) is 0 Å². The Morgan fingerprint density at radius 3 is 1.90 bits per heavy atom. The van der Waals surface area contributed by atoms with Gasteiger partial charge >= 0.3 is 19.7 Å². The average Bonchev–Trinajstić information content (AvgIpc) is 2.22. The molecule has 0 aliphatic heterocycles. The minimum Gasteiger partial charge on any atom is -0.512 e. The predicted octanol–water partition coefficient (Wildman–Crippen LogP) is 1.91. The normalized spacial score (nSPS) is 12.4. The van der Waals surface area contributed by atoms with E-state index in [1.54, 1.807) is 0 Å². The summed E-state index contributed by atoms with van der Waals surface area (Å²) < 4.78 is 81.7. The third kappa shape index (κ3) is 4.81. The SMILES string of the molecule is OB(O)Oc1cccc(OC(C(F)(F)F)C(F)(F)F)c1. The molecule has 0 amide bonds. The summed E-state index contributed by atoms with van der Waals surface area (Å²) in [5, 5.41) is 16.9. The van der Waals surface area contributed by atoms with Crippen molar-refractivity contribution in [3.63, 3.8) is 0 Å². The van der Waals surface area contributed by atoms with E-state index in [9.17, 15) is 26.3 Å². The molecular formula is C9H7BF6O4. The molecule has 0 saturated heterocycles. The zero-order chi connectivity index (χ0) is 15.6. The number of halogens is 6. The zero-order valence-electron chi connectivity index (χ0n) is 9.44. The monoisotopic (exact) mass is 304 g/mol. The van der Waals surface area contributed by atoms with Gasteiger partial charge in [-0.05, 0) is 12.1 Å². The Bertz CT molecular complexity index is 433. The van der Waals surface area contributed by atoms with Crippen LogP contribution in [0, 0.1) is 0 Å². The van der Waals surface area contributed by atoms with E-state index < -0.39 is 31.5 Å². The van der Waals surface area contributed by atoms with Crippen LogP contribution in [0.3, 0.4) is 0 Å². The minimum atomic E-state index is -5.65. The van der Waals surface area contributed by atoms with Gasteiger partial charge in [-0.3, -0.25) is 0 Å². The third-order valence-electron chi connectivity index (χ3n) is 1.90. The fourth-order valence-corrected chi connectivity index (χ4v) is 1.20. The van der Waals surface area contributed by atoms with Gasteiger partial charge in [-0.2, -0.15) is 26.3 Å². The highest BCUT2D eigenvalue weighted by atomic mass is 19.4. The molecule has 0 radical (unpaired) electrons. The predicted molar refractivity (Wildman–Crippen MR) is 53.8 cm³/mol. The summed E-state index contributed by atoms with van der Waals surface area (Å²) in [6.45, 7) is 0. The lowest BCUT2D eigenvalue weighted by molar-refractivity contribution is -0.299. The molecule has 0 unspecified atom stereocenters. The fraction of sp³-hybridized carbons (Fsp3) is 0.333. The first-order valence-electron chi connectivity index (χ1n) is 4.93. The summed E-state index contributed by atoms with van der Waals surface area (Å²) in [6.07, 6.45) is -15.3. The molecule has 20 heavy (non-hydrogen) atoms. The van der Waals surface area contributed by atoms with Gasteiger partial charge in [0.05, 0.1) is 0 Å². The highest BCUT2D eigenvalue weighted by Crippen LogP contribution is 2.37. The van der Waals surface area contributed by atoms with Crippen molar-refractivity contribution in [2.45, 2.75) is 18.5 Å². The quantitative estimate of drug-likeness (QED) is 0.659. The van der Waals surface area contributed by atoms with Crippen LogP contribution in [0.15, 0.2) is 24.3 Å². The second kappa shape index (κ2) is 5.79. The topological polar surface area (TPSA) is 58.9 Å². The van der Waals surface area contributed by atoms with Gasteiger partial charge in [0.15, 0.2) is 0 Å². The molecule has 1 aromatic carbocycles. The maximum absolute atomic E-state index is 12.3. The molecule has 1 rings (SSSR count). The number of ether oxygens (including phenoxy) is 1. The van der Waals surface area contributed by atoms with Crippen molar-refractivity contribution in [1.29, 1.82) is 0 Å². The van der Waals surface area contributed by atoms with Crippen molar-refractivity contribution in [1.82, 2.24) is 0 Å². The summed E-state index contributed by atoms with van der Waals surface area (Å²) in [5.74, 6) is -1.16. The Morgan fingerprint density at radius 2 is 1.45 bits per heavy atom. The molecule has 0 fully saturated rings. The zero-order valence-corrected chi connectivity index (χ0v) is 9.44. The van der Waals surface area contributed by atoms with Crippen LogP contribution in [0.25, 0.3) is 0 Å². The molecule has 1 aromatic rings. The number of rotatable bonds is 4. The van der Waals surface area contributed by atoms with Gasteiger partial charge in [-0.25, -0.2) is 0 Å². The summed E-state index contributed by atoms with van der Waals surface area (Å²) in [6, 6.07) is 3.60. The molecule has 11 heteroatoms. The summed E-state index contributed by atoms with van der Waals surface area (Å²) in [7, 11) is -2.27. The molecule has 0 aliphatic rings. The van der Waals surface area contributed by atoms with Crippen LogP contribution in [0.1, 0.15) is 0 Å². The second-order valence-electron chi connectivity index (χ2n) is 3.50. The lowest BCUT2D eigenvalue weighted by Gasteiger charge is -2.24. The van der Waals surface area contributed by atoms with Gasteiger partial charge in [-0.1, -0.05) is 6.07 Å². The first-order chi connectivity index (χ1) is 9.00. The van der Waals surface area contributed by atoms with Gasteiger partial charge < -0.3 is 19.4 Å². The van der Waals surface area contributed by atoms with E-state index >= 15 is 0 Å². The van der Waals surface area contributed by atoms with Crippen molar-refractivity contribution in [3.8, 4) is 11.5 Å². The first kappa shape index (κ1) is 16.4. The lowest BCUT2D eigenvalue weighted by Crippen LogP contribution is -2.46.